The summed E-state index contributed by atoms with van der Waals surface area (Å²) in [6.07, 6.45) is 0.207. The third-order valence-corrected chi connectivity index (χ3v) is 4.14. The molecule has 0 radical (unpaired) electrons. The van der Waals surface area contributed by atoms with Crippen LogP contribution >= 0.6 is 11.6 Å². The van der Waals surface area contributed by atoms with Gasteiger partial charge in [-0.2, -0.15) is 0 Å². The molecular weight excluding hydrogens is 281 g/mol. The van der Waals surface area contributed by atoms with Gasteiger partial charge in [-0.25, -0.2) is 4.39 Å². The molecule has 1 aromatic rings. The highest BCUT2D eigenvalue weighted by atomic mass is 35.5. The molecule has 0 atom stereocenters. The Morgan fingerprint density at radius 2 is 2.05 bits per heavy atom. The molecular formula is C15H19ClFNO2. The second-order valence-corrected chi connectivity index (χ2v) is 5.91. The summed E-state index contributed by atoms with van der Waals surface area (Å²) in [7, 11) is 0. The third-order valence-electron chi connectivity index (χ3n) is 3.83. The van der Waals surface area contributed by atoms with Crippen molar-refractivity contribution in [2.24, 2.45) is 0 Å². The highest BCUT2D eigenvalue weighted by molar-refractivity contribution is 6.30. The molecule has 0 spiro atoms. The van der Waals surface area contributed by atoms with Crippen LogP contribution in [0.4, 0.5) is 4.39 Å². The number of benzene rings is 1. The molecule has 0 aromatic heterocycles. The number of halogens is 2. The highest BCUT2D eigenvalue weighted by Crippen LogP contribution is 2.21. The average Bonchev–Trinajstić information content (AvgIpc) is 2.44. The first kappa shape index (κ1) is 15.4. The summed E-state index contributed by atoms with van der Waals surface area (Å²) in [6, 6.07) is 4.51. The first-order chi connectivity index (χ1) is 9.41. The lowest BCUT2D eigenvalue weighted by Gasteiger charge is -2.39. The minimum absolute atomic E-state index is 0.0705. The van der Waals surface area contributed by atoms with Crippen LogP contribution in [0.25, 0.3) is 0 Å². The van der Waals surface area contributed by atoms with Crippen molar-refractivity contribution in [2.45, 2.75) is 25.8 Å². The molecule has 1 fully saturated rings. The van der Waals surface area contributed by atoms with Crippen LogP contribution in [0.5, 0.6) is 0 Å². The Morgan fingerprint density at radius 1 is 1.40 bits per heavy atom. The lowest BCUT2D eigenvalue weighted by Crippen LogP contribution is -2.54. The van der Waals surface area contributed by atoms with Gasteiger partial charge in [0.2, 0.25) is 0 Å². The number of Topliss-reactive ketones (excluding diaryl/α,β-unsaturated/α-hetero) is 1. The summed E-state index contributed by atoms with van der Waals surface area (Å²) < 4.78 is 18.7. The summed E-state index contributed by atoms with van der Waals surface area (Å²) in [5.41, 5.74) is 0.0816. The number of hydrogen-bond donors (Lipinski definition) is 0. The van der Waals surface area contributed by atoms with Crippen LogP contribution in [-0.4, -0.2) is 42.5 Å². The summed E-state index contributed by atoms with van der Waals surface area (Å²) in [5.74, 6) is -0.415. The van der Waals surface area contributed by atoms with Crippen LogP contribution in [0.3, 0.4) is 0 Å². The van der Waals surface area contributed by atoms with Gasteiger partial charge in [0.25, 0.3) is 0 Å². The van der Waals surface area contributed by atoms with Gasteiger partial charge in [-0.3, -0.25) is 9.69 Å². The molecule has 1 heterocycles. The Balaban J connectivity index is 2.07. The molecule has 1 aliphatic heterocycles. The van der Waals surface area contributed by atoms with E-state index in [9.17, 15) is 9.18 Å². The van der Waals surface area contributed by atoms with Crippen molar-refractivity contribution in [1.29, 1.82) is 0 Å². The van der Waals surface area contributed by atoms with Gasteiger partial charge >= 0.3 is 0 Å². The highest BCUT2D eigenvalue weighted by Gasteiger charge is 2.34. The molecule has 20 heavy (non-hydrogen) atoms. The summed E-state index contributed by atoms with van der Waals surface area (Å²) >= 11 is 5.65. The summed E-state index contributed by atoms with van der Waals surface area (Å²) in [5, 5.41) is 0.0774. The van der Waals surface area contributed by atoms with Crippen LogP contribution in [0, 0.1) is 5.82 Å². The number of nitrogens with zero attached hydrogens (tertiary/aromatic N) is 1. The maximum absolute atomic E-state index is 13.4. The molecule has 0 bridgehead atoms. The van der Waals surface area contributed by atoms with Gasteiger partial charge < -0.3 is 4.74 Å². The van der Waals surface area contributed by atoms with E-state index < -0.39 is 11.4 Å². The molecule has 3 nitrogen and oxygen atoms in total. The molecule has 0 saturated carbocycles. The zero-order valence-electron chi connectivity index (χ0n) is 11.8. The van der Waals surface area contributed by atoms with Crippen molar-refractivity contribution < 1.29 is 13.9 Å². The van der Waals surface area contributed by atoms with E-state index in [1.807, 2.05) is 13.8 Å². The van der Waals surface area contributed by atoms with Gasteiger partial charge in [0.05, 0.1) is 23.8 Å². The third kappa shape index (κ3) is 3.37. The predicted octanol–water partition coefficient (Wildman–Crippen LogP) is 2.70. The SMILES string of the molecule is CC(C)(C(=O)Cc1ccc(Cl)c(F)c1)N1CCOCC1. The number of rotatable bonds is 4. The Labute approximate surface area is 123 Å². The molecule has 0 N–H and O–H groups in total. The van der Waals surface area contributed by atoms with Crippen LogP contribution < -0.4 is 0 Å². The Bertz CT molecular complexity index is 499. The van der Waals surface area contributed by atoms with Crippen LogP contribution in [0.2, 0.25) is 5.02 Å². The van der Waals surface area contributed by atoms with Gasteiger partial charge in [0.15, 0.2) is 5.78 Å². The van der Waals surface area contributed by atoms with Crippen LogP contribution in [-0.2, 0) is 16.0 Å². The van der Waals surface area contributed by atoms with E-state index in [1.54, 1.807) is 6.07 Å². The van der Waals surface area contributed by atoms with Crippen molar-refractivity contribution in [3.63, 3.8) is 0 Å². The topological polar surface area (TPSA) is 29.5 Å². The van der Waals surface area contributed by atoms with Gasteiger partial charge in [-0.15, -0.1) is 0 Å². The minimum atomic E-state index is -0.570. The van der Waals surface area contributed by atoms with Crippen molar-refractivity contribution in [2.75, 3.05) is 26.3 Å². The second kappa shape index (κ2) is 6.20. The van der Waals surface area contributed by atoms with Crippen LogP contribution in [0.15, 0.2) is 18.2 Å². The fourth-order valence-electron chi connectivity index (χ4n) is 2.35. The van der Waals surface area contributed by atoms with Gasteiger partial charge in [-0.05, 0) is 31.5 Å². The predicted molar refractivity (Wildman–Crippen MR) is 76.6 cm³/mol. The Morgan fingerprint density at radius 3 is 2.65 bits per heavy atom. The molecule has 1 saturated heterocycles. The fourth-order valence-corrected chi connectivity index (χ4v) is 2.47. The number of carbonyl (C=O) groups is 1. The van der Waals surface area contributed by atoms with E-state index in [4.69, 9.17) is 16.3 Å². The fraction of sp³-hybridized carbons (Fsp3) is 0.533. The maximum atomic E-state index is 13.4. The lowest BCUT2D eigenvalue weighted by molar-refractivity contribution is -0.131. The summed E-state index contributed by atoms with van der Waals surface area (Å²) in [4.78, 5) is 14.6. The lowest BCUT2D eigenvalue weighted by atomic mass is 9.91. The Hall–Kier alpha value is -0.970. The van der Waals surface area contributed by atoms with Gasteiger partial charge in [-0.1, -0.05) is 17.7 Å². The first-order valence-corrected chi connectivity index (χ1v) is 7.09. The van der Waals surface area contributed by atoms with Crippen molar-refractivity contribution >= 4 is 17.4 Å². The van der Waals surface area contributed by atoms with Gasteiger partial charge in [0.1, 0.15) is 5.82 Å². The quantitative estimate of drug-likeness (QED) is 0.856. The van der Waals surface area contributed by atoms with E-state index in [0.29, 0.717) is 18.8 Å². The monoisotopic (exact) mass is 299 g/mol. The van der Waals surface area contributed by atoms with E-state index in [2.05, 4.69) is 4.90 Å². The van der Waals surface area contributed by atoms with Crippen molar-refractivity contribution in [1.82, 2.24) is 4.90 Å². The molecule has 2 rings (SSSR count). The maximum Gasteiger partial charge on any atom is 0.156 e. The number of morpholine rings is 1. The number of carbonyl (C=O) groups excluding carboxylic acids is 1. The zero-order valence-corrected chi connectivity index (χ0v) is 12.5. The molecule has 0 unspecified atom stereocenters. The number of ketones is 1. The molecule has 1 aromatic carbocycles. The summed E-state index contributed by atoms with van der Waals surface area (Å²) in [6.45, 7) is 6.60. The van der Waals surface area contributed by atoms with Crippen molar-refractivity contribution in [3.05, 3.63) is 34.6 Å². The normalized spacial score (nSPS) is 17.2. The molecule has 110 valence electrons. The second-order valence-electron chi connectivity index (χ2n) is 5.51. The smallest absolute Gasteiger partial charge is 0.156 e. The number of hydrogen-bond acceptors (Lipinski definition) is 3. The standard InChI is InChI=1S/C15H19ClFNO2/c1-15(2,18-5-7-20-8-6-18)14(19)10-11-3-4-12(16)13(17)9-11/h3-4,9H,5-8,10H2,1-2H3. The molecule has 0 aliphatic carbocycles. The van der Waals surface area contributed by atoms with Crippen LogP contribution in [0.1, 0.15) is 19.4 Å². The Kier molecular flexibility index (Phi) is 4.78. The van der Waals surface area contributed by atoms with E-state index in [-0.39, 0.29) is 17.2 Å². The molecule has 0 amide bonds. The molecule has 5 heteroatoms. The van der Waals surface area contributed by atoms with E-state index in [0.717, 1.165) is 13.1 Å². The van der Waals surface area contributed by atoms with Gasteiger partial charge in [0, 0.05) is 19.5 Å². The van der Waals surface area contributed by atoms with E-state index >= 15 is 0 Å². The van der Waals surface area contributed by atoms with Crippen molar-refractivity contribution in [3.8, 4) is 0 Å². The first-order valence-electron chi connectivity index (χ1n) is 6.71. The average molecular weight is 300 g/mol. The zero-order chi connectivity index (χ0) is 14.8. The largest absolute Gasteiger partial charge is 0.379 e. The minimum Gasteiger partial charge on any atom is -0.379 e. The number of ether oxygens (including phenoxy) is 1. The van der Waals surface area contributed by atoms with E-state index in [1.165, 1.54) is 12.1 Å². The molecule has 1 aliphatic rings.